The van der Waals surface area contributed by atoms with E-state index >= 15 is 0 Å². The van der Waals surface area contributed by atoms with Crippen LogP contribution in [0, 0.1) is 0 Å². The number of fused-ring (bicyclic) bond motifs is 20. The molecule has 340 valence electrons. The average Bonchev–Trinajstić information content (AvgIpc) is 4.40. The van der Waals surface area contributed by atoms with Gasteiger partial charge in [-0.3, -0.25) is 8.80 Å². The predicted molar refractivity (Wildman–Crippen MR) is 308 cm³/mol. The lowest BCUT2D eigenvalue weighted by atomic mass is 9.98. The average molecular weight is 939 g/mol. The second-order valence-electron chi connectivity index (χ2n) is 20.1. The summed E-state index contributed by atoms with van der Waals surface area (Å²) in [7, 11) is 0. The van der Waals surface area contributed by atoms with E-state index in [1.165, 1.54) is 75.9 Å². The molecule has 0 aliphatic carbocycles. The Balaban J connectivity index is 0.932. The monoisotopic (exact) mass is 938 g/mol. The molecule has 0 saturated carbocycles. The molecule has 0 aliphatic rings. The van der Waals surface area contributed by atoms with E-state index in [1.54, 1.807) is 0 Å². The van der Waals surface area contributed by atoms with Gasteiger partial charge in [-0.15, -0.1) is 0 Å². The van der Waals surface area contributed by atoms with E-state index in [9.17, 15) is 0 Å². The Morgan fingerprint density at radius 3 is 1.34 bits per heavy atom. The second kappa shape index (κ2) is 13.9. The first-order chi connectivity index (χ1) is 36.7. The van der Waals surface area contributed by atoms with E-state index in [0.717, 1.165) is 88.8 Å². The van der Waals surface area contributed by atoms with Crippen molar-refractivity contribution in [2.75, 3.05) is 0 Å². The van der Waals surface area contributed by atoms with Crippen LogP contribution in [0.15, 0.2) is 231 Å². The van der Waals surface area contributed by atoms with Crippen LogP contribution in [0.25, 0.3) is 165 Å². The van der Waals surface area contributed by atoms with Crippen molar-refractivity contribution in [2.45, 2.75) is 0 Å². The molecular weight excluding hydrogens is 901 g/mol. The molecule has 7 heterocycles. The van der Waals surface area contributed by atoms with E-state index in [0.29, 0.717) is 0 Å². The van der Waals surface area contributed by atoms with Crippen LogP contribution in [0.2, 0.25) is 0 Å². The standard InChI is InChI=1S/C68H38N6/c1-3-17-42(18-4-1)71-56-30-11-9-22-47(56)53-36-40(32-34-58(53)71)45-24-13-26-49-50-27-15-29-52-61-67(73(63(45)49)65(50)52)70-62-60-44-21-8-7-16-39(44)38-55-51-28-14-25-46(64(51)74(66(55)60)68(62)69-61)41-33-35-59-54(37-41)48-23-10-12-31-57(48)72(59)43-19-5-2-6-20-43/h1-38H. The van der Waals surface area contributed by atoms with Gasteiger partial charge in [0.1, 0.15) is 11.0 Å². The molecular formula is C68H38N6. The summed E-state index contributed by atoms with van der Waals surface area (Å²) in [5.41, 5.74) is 19.9. The Kier molecular flexibility index (Phi) is 7.26. The van der Waals surface area contributed by atoms with Crippen molar-refractivity contribution < 1.29 is 0 Å². The van der Waals surface area contributed by atoms with Gasteiger partial charge >= 0.3 is 0 Å². The zero-order valence-electron chi connectivity index (χ0n) is 39.6. The Bertz CT molecular complexity index is 5420. The van der Waals surface area contributed by atoms with Crippen molar-refractivity contribution >= 4 is 131 Å². The number of hydrogen-bond acceptors (Lipinski definition) is 2. The maximum atomic E-state index is 5.91. The summed E-state index contributed by atoms with van der Waals surface area (Å²) in [5.74, 6) is 0. The van der Waals surface area contributed by atoms with Crippen molar-refractivity contribution in [1.29, 1.82) is 0 Å². The minimum Gasteiger partial charge on any atom is -0.309 e. The van der Waals surface area contributed by atoms with Gasteiger partial charge in [0.05, 0.1) is 44.1 Å². The van der Waals surface area contributed by atoms with Crippen LogP contribution in [0.1, 0.15) is 0 Å². The smallest absolute Gasteiger partial charge is 0.165 e. The molecule has 18 aromatic rings. The lowest BCUT2D eigenvalue weighted by Crippen LogP contribution is -1.94. The second-order valence-corrected chi connectivity index (χ2v) is 20.1. The molecule has 6 nitrogen and oxygen atoms in total. The Labute approximate surface area is 421 Å². The molecule has 18 rings (SSSR count). The molecule has 0 fully saturated rings. The minimum atomic E-state index is 0.871. The van der Waals surface area contributed by atoms with Gasteiger partial charge in [-0.2, -0.15) is 0 Å². The van der Waals surface area contributed by atoms with Crippen molar-refractivity contribution in [3.8, 4) is 33.6 Å². The molecule has 11 aromatic carbocycles. The SMILES string of the molecule is c1ccc(-n2c3ccccc3c3cc(-c4cccc5c6cccc7c8nc9c(nc8n(c45)c67)c4c5ccccc5cc5c6cccc(-c7ccc8c(c7)c7ccccc7n8-c7ccccc7)c6n9c54)ccc32)cc1. The number of aromatic nitrogens is 6. The molecule has 7 aromatic heterocycles. The third-order valence-corrected chi connectivity index (χ3v) is 16.4. The zero-order valence-corrected chi connectivity index (χ0v) is 39.6. The Morgan fingerprint density at radius 2 is 0.716 bits per heavy atom. The maximum absolute atomic E-state index is 5.91. The van der Waals surface area contributed by atoms with Crippen LogP contribution < -0.4 is 0 Å². The van der Waals surface area contributed by atoms with Crippen molar-refractivity contribution in [1.82, 2.24) is 27.9 Å². The first-order valence-electron chi connectivity index (χ1n) is 25.4. The predicted octanol–water partition coefficient (Wildman–Crippen LogP) is 17.5. The van der Waals surface area contributed by atoms with Crippen molar-refractivity contribution in [3.63, 3.8) is 0 Å². The molecule has 0 N–H and O–H groups in total. The number of hydrogen-bond donors (Lipinski definition) is 0. The van der Waals surface area contributed by atoms with E-state index in [4.69, 9.17) is 9.97 Å². The van der Waals surface area contributed by atoms with E-state index in [1.807, 2.05) is 0 Å². The first-order valence-corrected chi connectivity index (χ1v) is 25.4. The van der Waals surface area contributed by atoms with Gasteiger partial charge in [0, 0.05) is 76.4 Å². The molecule has 0 bridgehead atoms. The number of rotatable bonds is 4. The van der Waals surface area contributed by atoms with Gasteiger partial charge in [-0.05, 0) is 88.6 Å². The highest BCUT2D eigenvalue weighted by Gasteiger charge is 2.28. The van der Waals surface area contributed by atoms with Crippen LogP contribution in [-0.2, 0) is 0 Å². The quantitative estimate of drug-likeness (QED) is 0.176. The van der Waals surface area contributed by atoms with E-state index in [-0.39, 0.29) is 0 Å². The van der Waals surface area contributed by atoms with Crippen LogP contribution in [0.3, 0.4) is 0 Å². The van der Waals surface area contributed by atoms with Gasteiger partial charge in [0.2, 0.25) is 0 Å². The van der Waals surface area contributed by atoms with Gasteiger partial charge in [-0.1, -0.05) is 164 Å². The Morgan fingerprint density at radius 1 is 0.270 bits per heavy atom. The molecule has 0 aliphatic heterocycles. The molecule has 0 unspecified atom stereocenters. The van der Waals surface area contributed by atoms with Crippen LogP contribution in [-0.4, -0.2) is 27.9 Å². The maximum Gasteiger partial charge on any atom is 0.165 e. The summed E-state index contributed by atoms with van der Waals surface area (Å²) in [4.78, 5) is 11.8. The summed E-state index contributed by atoms with van der Waals surface area (Å²) in [6.45, 7) is 0. The first kappa shape index (κ1) is 38.7. The number of nitrogens with zero attached hydrogens (tertiary/aromatic N) is 6. The van der Waals surface area contributed by atoms with Gasteiger partial charge in [-0.25, -0.2) is 9.97 Å². The fourth-order valence-electron chi connectivity index (χ4n) is 13.4. The fourth-order valence-corrected chi connectivity index (χ4v) is 13.4. The van der Waals surface area contributed by atoms with E-state index < -0.39 is 0 Å². The molecule has 0 amide bonds. The molecule has 0 atom stereocenters. The lowest BCUT2D eigenvalue weighted by molar-refractivity contribution is 1.18. The molecule has 0 saturated heterocycles. The molecule has 0 radical (unpaired) electrons. The summed E-state index contributed by atoms with van der Waals surface area (Å²) in [5, 5.41) is 14.3. The highest BCUT2D eigenvalue weighted by Crippen LogP contribution is 2.48. The minimum absolute atomic E-state index is 0.871. The van der Waals surface area contributed by atoms with Crippen LogP contribution in [0.5, 0.6) is 0 Å². The topological polar surface area (TPSA) is 44.5 Å². The largest absolute Gasteiger partial charge is 0.309 e. The summed E-state index contributed by atoms with van der Waals surface area (Å²) in [6.07, 6.45) is 0. The number of para-hydroxylation sites is 7. The van der Waals surface area contributed by atoms with Gasteiger partial charge < -0.3 is 9.13 Å². The highest BCUT2D eigenvalue weighted by molar-refractivity contribution is 6.33. The van der Waals surface area contributed by atoms with E-state index in [2.05, 4.69) is 248 Å². The third kappa shape index (κ3) is 4.80. The summed E-state index contributed by atoms with van der Waals surface area (Å²) in [6, 6.07) is 84.4. The zero-order chi connectivity index (χ0) is 47.9. The third-order valence-electron chi connectivity index (χ3n) is 16.4. The van der Waals surface area contributed by atoms with Gasteiger partial charge in [0.25, 0.3) is 0 Å². The van der Waals surface area contributed by atoms with Gasteiger partial charge in [0.15, 0.2) is 11.3 Å². The highest BCUT2D eigenvalue weighted by atomic mass is 15.1. The van der Waals surface area contributed by atoms with Crippen LogP contribution in [0.4, 0.5) is 0 Å². The summed E-state index contributed by atoms with van der Waals surface area (Å²) >= 11 is 0. The Hall–Kier alpha value is -10.0. The summed E-state index contributed by atoms with van der Waals surface area (Å²) < 4.78 is 9.64. The normalized spacial score (nSPS) is 12.6. The van der Waals surface area contributed by atoms with Crippen LogP contribution >= 0.6 is 0 Å². The van der Waals surface area contributed by atoms with Crippen molar-refractivity contribution in [2.24, 2.45) is 0 Å². The molecule has 6 heteroatoms. The fraction of sp³-hybridized carbons (Fsp3) is 0. The molecule has 0 spiro atoms. The number of benzene rings is 11. The lowest BCUT2D eigenvalue weighted by Gasteiger charge is -2.10. The molecule has 74 heavy (non-hydrogen) atoms. The van der Waals surface area contributed by atoms with Crippen molar-refractivity contribution in [3.05, 3.63) is 231 Å².